The van der Waals surface area contributed by atoms with Crippen molar-refractivity contribution in [3.8, 4) is 0 Å². The Kier molecular flexibility index (Phi) is 5.63. The lowest BCUT2D eigenvalue weighted by molar-refractivity contribution is -0.111. The predicted octanol–water partition coefficient (Wildman–Crippen LogP) is 3.43. The van der Waals surface area contributed by atoms with E-state index in [9.17, 15) is 9.59 Å². The average molecular weight is 432 g/mol. The lowest BCUT2D eigenvalue weighted by Crippen LogP contribution is -2.23. The Hall–Kier alpha value is -4.14. The highest BCUT2D eigenvalue weighted by Crippen LogP contribution is 2.25. The van der Waals surface area contributed by atoms with Crippen LogP contribution in [0.2, 0.25) is 0 Å². The van der Waals surface area contributed by atoms with Gasteiger partial charge in [0, 0.05) is 31.2 Å². The molecule has 1 amide bonds. The molecule has 4 rings (SSSR count). The van der Waals surface area contributed by atoms with Gasteiger partial charge in [0.1, 0.15) is 11.0 Å². The molecule has 3 heterocycles. The van der Waals surface area contributed by atoms with Crippen LogP contribution in [0, 0.1) is 0 Å². The van der Waals surface area contributed by atoms with Gasteiger partial charge >= 0.3 is 0 Å². The lowest BCUT2D eigenvalue weighted by Gasteiger charge is -2.14. The van der Waals surface area contributed by atoms with E-state index in [1.165, 1.54) is 6.08 Å². The third kappa shape index (κ3) is 4.18. The molecule has 0 saturated heterocycles. The summed E-state index contributed by atoms with van der Waals surface area (Å²) in [6, 6.07) is 7.46. The average Bonchev–Trinajstić information content (AvgIpc) is 3.38. The van der Waals surface area contributed by atoms with Crippen LogP contribution < -0.4 is 16.2 Å². The Morgan fingerprint density at radius 1 is 1.25 bits per heavy atom. The molecule has 32 heavy (non-hydrogen) atoms. The van der Waals surface area contributed by atoms with Gasteiger partial charge < -0.3 is 19.8 Å². The Morgan fingerprint density at radius 3 is 2.75 bits per heavy atom. The van der Waals surface area contributed by atoms with Gasteiger partial charge in [-0.15, -0.1) is 0 Å². The molecule has 9 nitrogen and oxygen atoms in total. The molecule has 0 atom stereocenters. The summed E-state index contributed by atoms with van der Waals surface area (Å²) >= 11 is 0. The van der Waals surface area contributed by atoms with Gasteiger partial charge in [-0.25, -0.2) is 4.98 Å². The van der Waals surface area contributed by atoms with E-state index < -0.39 is 0 Å². The van der Waals surface area contributed by atoms with E-state index in [0.29, 0.717) is 29.0 Å². The number of benzene rings is 1. The molecule has 3 aromatic heterocycles. The van der Waals surface area contributed by atoms with Gasteiger partial charge in [0.15, 0.2) is 0 Å². The van der Waals surface area contributed by atoms with Crippen molar-refractivity contribution in [2.45, 2.75) is 26.4 Å². The van der Waals surface area contributed by atoms with Crippen molar-refractivity contribution >= 4 is 34.0 Å². The van der Waals surface area contributed by atoms with Gasteiger partial charge in [-0.1, -0.05) is 18.7 Å². The van der Waals surface area contributed by atoms with Crippen LogP contribution in [0.1, 0.15) is 25.5 Å². The van der Waals surface area contributed by atoms with E-state index in [2.05, 4.69) is 27.3 Å². The smallest absolute Gasteiger partial charge is 0.277 e. The Morgan fingerprint density at radius 2 is 2.06 bits per heavy atom. The number of carbonyl (C=O) groups is 1. The first-order chi connectivity index (χ1) is 15.4. The van der Waals surface area contributed by atoms with Crippen LogP contribution in [0.15, 0.2) is 66.6 Å². The molecule has 9 heteroatoms. The van der Waals surface area contributed by atoms with Gasteiger partial charge in [0.2, 0.25) is 5.91 Å². The fourth-order valence-corrected chi connectivity index (χ4v) is 3.56. The molecule has 0 saturated carbocycles. The number of pyridine rings is 1. The zero-order valence-electron chi connectivity index (χ0n) is 18.2. The van der Waals surface area contributed by atoms with Crippen molar-refractivity contribution in [2.24, 2.45) is 7.05 Å². The van der Waals surface area contributed by atoms with Crippen molar-refractivity contribution in [2.75, 3.05) is 10.6 Å². The number of amides is 1. The molecule has 1 aromatic carbocycles. The van der Waals surface area contributed by atoms with Crippen LogP contribution in [0.4, 0.5) is 17.1 Å². The number of rotatable bonds is 7. The third-order valence-electron chi connectivity index (χ3n) is 5.07. The number of aromatic nitrogens is 5. The number of nitrogens with one attached hydrogen (secondary N) is 2. The molecule has 164 valence electrons. The third-order valence-corrected chi connectivity index (χ3v) is 5.07. The summed E-state index contributed by atoms with van der Waals surface area (Å²) in [5.41, 5.74) is 4.03. The second kappa shape index (κ2) is 8.54. The van der Waals surface area contributed by atoms with E-state index in [-0.39, 0.29) is 17.5 Å². The lowest BCUT2D eigenvalue weighted by atomic mass is 10.2. The summed E-state index contributed by atoms with van der Waals surface area (Å²) < 4.78 is 5.23. The Labute approximate surface area is 185 Å². The number of carbonyl (C=O) groups excluding carboxylic acids is 1. The number of fused-ring (bicyclic) bond motifs is 1. The molecular formula is C23H25N7O2. The highest BCUT2D eigenvalue weighted by Gasteiger charge is 2.17. The van der Waals surface area contributed by atoms with Gasteiger partial charge in [0.25, 0.3) is 5.56 Å². The maximum Gasteiger partial charge on any atom is 0.277 e. The van der Waals surface area contributed by atoms with E-state index in [1.807, 2.05) is 49.9 Å². The Balaban J connectivity index is 1.78. The monoisotopic (exact) mass is 431 g/mol. The number of nitrogens with zero attached hydrogens (tertiary/aromatic N) is 5. The minimum Gasteiger partial charge on any atom is -0.350 e. The molecular weight excluding hydrogens is 406 g/mol. The molecule has 0 aliphatic heterocycles. The summed E-state index contributed by atoms with van der Waals surface area (Å²) in [5, 5.41) is 10.3. The summed E-state index contributed by atoms with van der Waals surface area (Å²) in [4.78, 5) is 29.6. The Bertz CT molecular complexity index is 1360. The molecule has 0 bridgehead atoms. The second-order valence-corrected chi connectivity index (χ2v) is 7.84. The highest BCUT2D eigenvalue weighted by molar-refractivity contribution is 5.98. The minimum absolute atomic E-state index is 0.0761. The first kappa shape index (κ1) is 21.1. The fraction of sp³-hybridized carbons (Fsp3) is 0.217. The molecule has 0 radical (unpaired) electrons. The molecule has 0 aliphatic carbocycles. The number of anilines is 3. The minimum atomic E-state index is -0.287. The topological polar surface area (TPSA) is 98.8 Å². The maximum atomic E-state index is 13.4. The predicted molar refractivity (Wildman–Crippen MR) is 125 cm³/mol. The first-order valence-electron chi connectivity index (χ1n) is 10.2. The molecule has 2 N–H and O–H groups in total. The standard InChI is InChI=1S/C23H25N7O2/c1-5-20(31)27-17-8-6-7-16(9-17)11-29-13-19(26-18-10-25-28(4)12-18)21-22(23(29)32)30(14-24-21)15(2)3/h5-10,12-15,26H,1,11H2,2-4H3,(H,27,31). The number of hydrogen-bond donors (Lipinski definition) is 2. The summed E-state index contributed by atoms with van der Waals surface area (Å²) in [7, 11) is 1.84. The van der Waals surface area contributed by atoms with Gasteiger partial charge in [-0.2, -0.15) is 5.10 Å². The van der Waals surface area contributed by atoms with Crippen molar-refractivity contribution in [3.05, 3.63) is 77.8 Å². The maximum absolute atomic E-state index is 13.4. The van der Waals surface area contributed by atoms with Crippen LogP contribution >= 0.6 is 0 Å². The van der Waals surface area contributed by atoms with Crippen LogP contribution in [0.3, 0.4) is 0 Å². The number of imidazole rings is 1. The largest absolute Gasteiger partial charge is 0.350 e. The molecule has 0 spiro atoms. The molecule has 4 aromatic rings. The SMILES string of the molecule is C=CC(=O)Nc1cccc(Cn2cc(Nc3cnn(C)c3)c3ncn(C(C)C)c3c2=O)c1. The van der Waals surface area contributed by atoms with Crippen LogP contribution in [0.25, 0.3) is 11.0 Å². The fourth-order valence-electron chi connectivity index (χ4n) is 3.56. The molecule has 0 unspecified atom stereocenters. The van der Waals surface area contributed by atoms with E-state index in [4.69, 9.17) is 0 Å². The van der Waals surface area contributed by atoms with Crippen LogP contribution in [-0.4, -0.2) is 29.8 Å². The van der Waals surface area contributed by atoms with Crippen molar-refractivity contribution in [1.29, 1.82) is 0 Å². The molecule has 0 fully saturated rings. The normalized spacial score (nSPS) is 11.1. The van der Waals surface area contributed by atoms with Crippen molar-refractivity contribution in [3.63, 3.8) is 0 Å². The van der Waals surface area contributed by atoms with E-state index in [0.717, 1.165) is 11.3 Å². The summed E-state index contributed by atoms with van der Waals surface area (Å²) in [5.74, 6) is -0.287. The second-order valence-electron chi connectivity index (χ2n) is 7.84. The number of hydrogen-bond acceptors (Lipinski definition) is 5. The zero-order valence-corrected chi connectivity index (χ0v) is 18.2. The van der Waals surface area contributed by atoms with E-state index >= 15 is 0 Å². The summed E-state index contributed by atoms with van der Waals surface area (Å²) in [6.07, 6.45) is 8.25. The first-order valence-corrected chi connectivity index (χ1v) is 10.2. The van der Waals surface area contributed by atoms with E-state index in [1.54, 1.807) is 34.0 Å². The van der Waals surface area contributed by atoms with Crippen molar-refractivity contribution < 1.29 is 4.79 Å². The zero-order chi connectivity index (χ0) is 22.8. The van der Waals surface area contributed by atoms with Gasteiger partial charge in [-0.3, -0.25) is 14.3 Å². The number of aryl methyl sites for hydroxylation is 1. The van der Waals surface area contributed by atoms with Gasteiger partial charge in [0.05, 0.1) is 30.4 Å². The van der Waals surface area contributed by atoms with Gasteiger partial charge in [-0.05, 0) is 37.6 Å². The van der Waals surface area contributed by atoms with Crippen LogP contribution in [0.5, 0.6) is 0 Å². The summed E-state index contributed by atoms with van der Waals surface area (Å²) in [6.45, 7) is 7.83. The van der Waals surface area contributed by atoms with Crippen molar-refractivity contribution in [1.82, 2.24) is 23.9 Å². The highest BCUT2D eigenvalue weighted by atomic mass is 16.1. The molecule has 0 aliphatic rings. The van der Waals surface area contributed by atoms with Crippen LogP contribution in [-0.2, 0) is 18.4 Å². The quantitative estimate of drug-likeness (QED) is 0.437.